The van der Waals surface area contributed by atoms with Crippen molar-refractivity contribution in [3.63, 3.8) is 0 Å². The Kier molecular flexibility index (Phi) is 15.2. The Morgan fingerprint density at radius 3 is 2.56 bits per heavy atom. The van der Waals surface area contributed by atoms with Gasteiger partial charge in [0.05, 0.1) is 50.0 Å². The molecule has 0 unspecified atom stereocenters. The summed E-state index contributed by atoms with van der Waals surface area (Å²) in [4.78, 5) is 41.6. The first-order valence-corrected chi connectivity index (χ1v) is 24.4. The molecule has 2 fully saturated rings. The predicted octanol–water partition coefficient (Wildman–Crippen LogP) is 6.67. The fraction of sp³-hybridized carbons (Fsp3) is 0.556. The molecule has 0 radical (unpaired) electrons. The number of likely N-dealkylation sites (tertiary alicyclic amines) is 1. The minimum absolute atomic E-state index is 0.00394. The number of hydrogen-bond donors (Lipinski definition) is 3. The van der Waals surface area contributed by atoms with Crippen LogP contribution in [-0.2, 0) is 37.8 Å². The molecule has 62 heavy (non-hydrogen) atoms. The Morgan fingerprint density at radius 2 is 1.82 bits per heavy atom. The summed E-state index contributed by atoms with van der Waals surface area (Å²) in [5.74, 6) is 0.0883. The smallest absolute Gasteiger partial charge is 0.433 e. The van der Waals surface area contributed by atoms with E-state index < -0.39 is 25.8 Å². The molecule has 2 aromatic carbocycles. The number of nitrogens with zero attached hydrogens (tertiary/aromatic N) is 5. The van der Waals surface area contributed by atoms with Crippen molar-refractivity contribution in [2.45, 2.75) is 89.0 Å². The van der Waals surface area contributed by atoms with E-state index in [4.69, 9.17) is 13.9 Å². The van der Waals surface area contributed by atoms with E-state index in [1.165, 1.54) is 11.6 Å². The van der Waals surface area contributed by atoms with Crippen molar-refractivity contribution in [1.82, 2.24) is 30.1 Å². The standard InChI is InChI=1S/C45H62F3N7O6Si/c1-43(2,3)62(5,6)61-37(34-10-12-36(56)41-35(34)11-13-39(57)52-41)29-49-20-23-53(4)40(58)16-26-59-25-15-32-8-7-9-33(28-32)30-54-21-17-44(18-22-54)31-55(24-27-60-44)42-50-19-14-38(51-42)45(46,47)48/h7-14,19,28,37,49,56H,15-18,20-27,29-31H2,1-6H3,(H,52,57)/t37-/m0/s1. The number of likely N-dealkylation sites (N-methyl/N-ethyl adjacent to an activating group) is 1. The highest BCUT2D eigenvalue weighted by molar-refractivity contribution is 6.74. The third-order valence-corrected chi connectivity index (χ3v) is 17.0. The lowest BCUT2D eigenvalue weighted by Crippen LogP contribution is -2.57. The lowest BCUT2D eigenvalue weighted by Gasteiger charge is -2.47. The molecule has 13 nitrogen and oxygen atoms in total. The van der Waals surface area contributed by atoms with Gasteiger partial charge in [-0.15, -0.1) is 0 Å². The summed E-state index contributed by atoms with van der Waals surface area (Å²) in [7, 11) is -0.435. The molecule has 0 aliphatic carbocycles. The van der Waals surface area contributed by atoms with E-state index in [1.807, 2.05) is 11.0 Å². The van der Waals surface area contributed by atoms with Gasteiger partial charge in [-0.3, -0.25) is 14.5 Å². The van der Waals surface area contributed by atoms with E-state index in [9.17, 15) is 27.9 Å². The average Bonchev–Trinajstić information content (AvgIpc) is 3.22. The van der Waals surface area contributed by atoms with Crippen LogP contribution >= 0.6 is 0 Å². The van der Waals surface area contributed by atoms with Gasteiger partial charge in [0.1, 0.15) is 11.4 Å². The summed E-state index contributed by atoms with van der Waals surface area (Å²) in [6.45, 7) is 17.0. The van der Waals surface area contributed by atoms with Crippen LogP contribution in [0, 0.1) is 0 Å². The second-order valence-corrected chi connectivity index (χ2v) is 22.8. The Labute approximate surface area is 363 Å². The molecule has 1 atom stereocenters. The second kappa shape index (κ2) is 20.0. The van der Waals surface area contributed by atoms with Gasteiger partial charge < -0.3 is 39.1 Å². The zero-order valence-electron chi connectivity index (χ0n) is 36.8. The first-order chi connectivity index (χ1) is 29.3. The minimum atomic E-state index is -4.52. The maximum Gasteiger partial charge on any atom is 0.433 e. The molecule has 2 aliphatic rings. The zero-order valence-corrected chi connectivity index (χ0v) is 37.8. The summed E-state index contributed by atoms with van der Waals surface area (Å²) in [6, 6.07) is 15.9. The van der Waals surface area contributed by atoms with E-state index in [1.54, 1.807) is 24.1 Å². The van der Waals surface area contributed by atoms with E-state index in [0.29, 0.717) is 58.1 Å². The van der Waals surface area contributed by atoms with Gasteiger partial charge in [-0.1, -0.05) is 51.1 Å². The molecule has 4 aromatic rings. The Morgan fingerprint density at radius 1 is 1.06 bits per heavy atom. The Hall–Kier alpha value is -4.39. The van der Waals surface area contributed by atoms with E-state index in [0.717, 1.165) is 67.7 Å². The first kappa shape index (κ1) is 47.1. The molecule has 0 bridgehead atoms. The van der Waals surface area contributed by atoms with Crippen molar-refractivity contribution >= 4 is 31.1 Å². The number of ether oxygens (including phenoxy) is 2. The van der Waals surface area contributed by atoms with E-state index in [-0.39, 0.29) is 40.7 Å². The van der Waals surface area contributed by atoms with Crippen LogP contribution < -0.4 is 15.8 Å². The highest BCUT2D eigenvalue weighted by Crippen LogP contribution is 2.41. The number of H-pyrrole nitrogens is 1. The summed E-state index contributed by atoms with van der Waals surface area (Å²) < 4.78 is 58.9. The molecule has 1 spiro atoms. The van der Waals surface area contributed by atoms with Crippen LogP contribution in [0.15, 0.2) is 65.6 Å². The lowest BCUT2D eigenvalue weighted by molar-refractivity contribution is -0.141. The molecule has 2 saturated heterocycles. The van der Waals surface area contributed by atoms with Gasteiger partial charge in [0, 0.05) is 70.5 Å². The molecule has 17 heteroatoms. The maximum atomic E-state index is 13.3. The second-order valence-electron chi connectivity index (χ2n) is 18.1. The number of aromatic amines is 1. The first-order valence-electron chi connectivity index (χ1n) is 21.5. The van der Waals surface area contributed by atoms with Gasteiger partial charge in [-0.25, -0.2) is 9.97 Å². The molecule has 2 aromatic heterocycles. The van der Waals surface area contributed by atoms with Crippen molar-refractivity contribution in [3.05, 3.63) is 93.5 Å². The van der Waals surface area contributed by atoms with E-state index in [2.05, 4.69) is 83.3 Å². The molecule has 338 valence electrons. The van der Waals surface area contributed by atoms with Gasteiger partial charge in [0.25, 0.3) is 0 Å². The minimum Gasteiger partial charge on any atom is -0.506 e. The maximum absolute atomic E-state index is 13.3. The third kappa shape index (κ3) is 12.2. The van der Waals surface area contributed by atoms with Crippen LogP contribution in [-0.4, -0.2) is 122 Å². The number of alkyl halides is 3. The number of fused-ring (bicyclic) bond motifs is 1. The summed E-state index contributed by atoms with van der Waals surface area (Å²) in [5, 5.41) is 14.7. The van der Waals surface area contributed by atoms with Crippen molar-refractivity contribution in [3.8, 4) is 5.75 Å². The highest BCUT2D eigenvalue weighted by atomic mass is 28.4. The molecular formula is C45H62F3N7O6Si. The fourth-order valence-electron chi connectivity index (χ4n) is 7.77. The van der Waals surface area contributed by atoms with Gasteiger partial charge in [-0.2, -0.15) is 13.2 Å². The number of rotatable bonds is 17. The number of halogens is 3. The number of phenolic OH excluding ortho intramolecular Hbond substituents is 1. The summed E-state index contributed by atoms with van der Waals surface area (Å²) in [6.07, 6.45) is -1.19. The number of aromatic hydroxyl groups is 1. The number of piperidine rings is 1. The number of pyridine rings is 1. The number of aromatic nitrogens is 3. The molecule has 0 saturated carbocycles. The van der Waals surface area contributed by atoms with Crippen LogP contribution in [0.3, 0.4) is 0 Å². The number of nitrogens with one attached hydrogen (secondary N) is 2. The monoisotopic (exact) mass is 881 g/mol. The number of carbonyl (C=O) groups excluding carboxylic acids is 1. The molecular weight excluding hydrogens is 820 g/mol. The predicted molar refractivity (Wildman–Crippen MR) is 236 cm³/mol. The normalized spacial score (nSPS) is 16.8. The molecule has 1 amide bonds. The van der Waals surface area contributed by atoms with Gasteiger partial charge >= 0.3 is 6.18 Å². The van der Waals surface area contributed by atoms with Gasteiger partial charge in [0.15, 0.2) is 8.32 Å². The summed E-state index contributed by atoms with van der Waals surface area (Å²) in [5.41, 5.74) is 1.93. The van der Waals surface area contributed by atoms with Gasteiger partial charge in [-0.05, 0) is 72.3 Å². The topological polar surface area (TPSA) is 145 Å². The Balaban J connectivity index is 0.904. The quantitative estimate of drug-likeness (QED) is 0.0773. The average molecular weight is 882 g/mol. The number of carbonyl (C=O) groups is 1. The largest absolute Gasteiger partial charge is 0.506 e. The molecule has 6 rings (SSSR count). The molecule has 2 aliphatic heterocycles. The number of phenols is 1. The SMILES string of the molecule is CN(CCNC[C@H](O[Si](C)(C)C(C)(C)C)c1ccc(O)c2[nH]c(=O)ccc12)C(=O)CCOCCc1cccc(CN2CCC3(CC2)CN(c2nccc(C(F)(F)F)n2)CCO3)c1. The zero-order chi connectivity index (χ0) is 44.7. The van der Waals surface area contributed by atoms with Crippen LogP contribution in [0.5, 0.6) is 5.75 Å². The number of morpholine rings is 1. The number of anilines is 1. The van der Waals surface area contributed by atoms with Crippen LogP contribution in [0.25, 0.3) is 10.9 Å². The number of amides is 1. The van der Waals surface area contributed by atoms with Crippen LogP contribution in [0.1, 0.15) is 68.5 Å². The number of hydrogen-bond acceptors (Lipinski definition) is 11. The van der Waals surface area contributed by atoms with Crippen molar-refractivity contribution in [1.29, 1.82) is 0 Å². The van der Waals surface area contributed by atoms with Crippen LogP contribution in [0.2, 0.25) is 18.1 Å². The molecule has 3 N–H and O–H groups in total. The summed E-state index contributed by atoms with van der Waals surface area (Å²) >= 11 is 0. The fourth-order valence-corrected chi connectivity index (χ4v) is 9.05. The van der Waals surface area contributed by atoms with Crippen molar-refractivity contribution in [2.24, 2.45) is 0 Å². The van der Waals surface area contributed by atoms with Crippen LogP contribution in [0.4, 0.5) is 19.1 Å². The van der Waals surface area contributed by atoms with Gasteiger partial charge in [0.2, 0.25) is 17.4 Å². The Bertz CT molecular complexity index is 2190. The number of benzene rings is 2. The third-order valence-electron chi connectivity index (χ3n) is 12.5. The lowest BCUT2D eigenvalue weighted by atomic mass is 9.89. The van der Waals surface area contributed by atoms with Crippen molar-refractivity contribution < 1.29 is 37.0 Å². The molecule has 4 heterocycles. The van der Waals surface area contributed by atoms with Crippen molar-refractivity contribution in [2.75, 3.05) is 77.6 Å². The van der Waals surface area contributed by atoms with E-state index >= 15 is 0 Å². The highest BCUT2D eigenvalue weighted by Gasteiger charge is 2.42.